The van der Waals surface area contributed by atoms with E-state index in [0.717, 1.165) is 5.69 Å². The van der Waals surface area contributed by atoms with Crippen LogP contribution in [0.5, 0.6) is 0 Å². The van der Waals surface area contributed by atoms with E-state index in [4.69, 9.17) is 17.3 Å². The van der Waals surface area contributed by atoms with Gasteiger partial charge in [-0.25, -0.2) is 4.39 Å². The van der Waals surface area contributed by atoms with E-state index >= 15 is 0 Å². The summed E-state index contributed by atoms with van der Waals surface area (Å²) in [7, 11) is 0. The highest BCUT2D eigenvalue weighted by atomic mass is 35.5. The third-order valence-electron chi connectivity index (χ3n) is 2.70. The first kappa shape index (κ1) is 13.4. The quantitative estimate of drug-likeness (QED) is 0.902. The van der Waals surface area contributed by atoms with E-state index in [-0.39, 0.29) is 12.4 Å². The fraction of sp³-hybridized carbons (Fsp3) is 0.0714. The molecule has 1 amide bonds. The molecule has 2 rings (SSSR count). The number of rotatable bonds is 4. The predicted octanol–water partition coefficient (Wildman–Crippen LogP) is 3.19. The summed E-state index contributed by atoms with van der Waals surface area (Å²) in [5.74, 6) is -0.836. The van der Waals surface area contributed by atoms with Crippen LogP contribution in [-0.2, 0) is 6.54 Å². The molecule has 0 spiro atoms. The average molecular weight is 279 g/mol. The largest absolute Gasteiger partial charge is 0.381 e. The van der Waals surface area contributed by atoms with Gasteiger partial charge in [-0.3, -0.25) is 4.79 Å². The molecule has 0 heterocycles. The molecule has 0 aromatic heterocycles. The van der Waals surface area contributed by atoms with Crippen molar-refractivity contribution in [1.82, 2.24) is 0 Å². The van der Waals surface area contributed by atoms with Gasteiger partial charge in [0, 0.05) is 28.4 Å². The first-order chi connectivity index (χ1) is 9.08. The average Bonchev–Trinajstić information content (AvgIpc) is 2.38. The molecule has 0 unspecified atom stereocenters. The van der Waals surface area contributed by atoms with Crippen LogP contribution in [-0.4, -0.2) is 5.91 Å². The zero-order valence-electron chi connectivity index (χ0n) is 9.99. The molecule has 19 heavy (non-hydrogen) atoms. The second kappa shape index (κ2) is 5.71. The minimum Gasteiger partial charge on any atom is -0.381 e. The Labute approximate surface area is 115 Å². The van der Waals surface area contributed by atoms with Crippen LogP contribution in [0.3, 0.4) is 0 Å². The Bertz CT molecular complexity index is 579. The molecule has 0 radical (unpaired) electrons. The molecule has 0 atom stereocenters. The van der Waals surface area contributed by atoms with Crippen molar-refractivity contribution < 1.29 is 9.18 Å². The summed E-state index contributed by atoms with van der Waals surface area (Å²) in [5, 5.41) is 3.41. The lowest BCUT2D eigenvalue weighted by Gasteiger charge is -2.09. The maximum Gasteiger partial charge on any atom is 0.248 e. The van der Waals surface area contributed by atoms with Gasteiger partial charge in [0.15, 0.2) is 0 Å². The number of primary amides is 1. The molecule has 0 aliphatic rings. The molecule has 3 nitrogen and oxygen atoms in total. The number of hydrogen-bond donors (Lipinski definition) is 2. The van der Waals surface area contributed by atoms with Crippen molar-refractivity contribution in [3.8, 4) is 0 Å². The van der Waals surface area contributed by atoms with Crippen molar-refractivity contribution >= 4 is 23.2 Å². The van der Waals surface area contributed by atoms with E-state index in [1.54, 1.807) is 36.4 Å². The summed E-state index contributed by atoms with van der Waals surface area (Å²) in [6, 6.07) is 11.2. The molecular formula is C14H12ClFN2O. The van der Waals surface area contributed by atoms with E-state index in [1.807, 2.05) is 0 Å². The van der Waals surface area contributed by atoms with Gasteiger partial charge in [0.2, 0.25) is 5.91 Å². The highest BCUT2D eigenvalue weighted by Gasteiger charge is 2.06. The van der Waals surface area contributed by atoms with Crippen LogP contribution in [0.15, 0.2) is 42.5 Å². The van der Waals surface area contributed by atoms with Crippen LogP contribution < -0.4 is 11.1 Å². The van der Waals surface area contributed by atoms with Crippen LogP contribution in [0.4, 0.5) is 10.1 Å². The standard InChI is InChI=1S/C14H12ClFN2O/c15-12-2-1-3-13(16)11(12)8-18-10-6-4-9(5-7-10)14(17)19/h1-7,18H,8H2,(H2,17,19). The number of hydrogen-bond acceptors (Lipinski definition) is 2. The van der Waals surface area contributed by atoms with Gasteiger partial charge in [-0.1, -0.05) is 17.7 Å². The molecule has 0 fully saturated rings. The molecule has 0 aliphatic carbocycles. The Balaban J connectivity index is 2.08. The number of amides is 1. The fourth-order valence-electron chi connectivity index (χ4n) is 1.64. The van der Waals surface area contributed by atoms with Crippen molar-refractivity contribution in [3.05, 3.63) is 64.4 Å². The summed E-state index contributed by atoms with van der Waals surface area (Å²) in [6.07, 6.45) is 0. The van der Waals surface area contributed by atoms with Crippen LogP contribution >= 0.6 is 11.6 Å². The molecule has 2 aromatic rings. The predicted molar refractivity (Wildman–Crippen MR) is 73.7 cm³/mol. The van der Waals surface area contributed by atoms with Gasteiger partial charge in [-0.15, -0.1) is 0 Å². The number of halogens is 2. The molecule has 98 valence electrons. The van der Waals surface area contributed by atoms with Gasteiger partial charge in [0.1, 0.15) is 5.82 Å². The number of nitrogens with two attached hydrogens (primary N) is 1. The van der Waals surface area contributed by atoms with Gasteiger partial charge in [0.25, 0.3) is 0 Å². The lowest BCUT2D eigenvalue weighted by molar-refractivity contribution is 0.100. The Morgan fingerprint density at radius 3 is 2.47 bits per heavy atom. The summed E-state index contributed by atoms with van der Waals surface area (Å²) >= 11 is 5.92. The fourth-order valence-corrected chi connectivity index (χ4v) is 1.87. The zero-order chi connectivity index (χ0) is 13.8. The molecule has 2 aromatic carbocycles. The lowest BCUT2D eigenvalue weighted by atomic mass is 10.1. The minimum absolute atomic E-state index is 0.265. The number of carbonyl (C=O) groups excluding carboxylic acids is 1. The van der Waals surface area contributed by atoms with Crippen molar-refractivity contribution in [1.29, 1.82) is 0 Å². The van der Waals surface area contributed by atoms with Crippen LogP contribution in [0.2, 0.25) is 5.02 Å². The summed E-state index contributed by atoms with van der Waals surface area (Å²) in [4.78, 5) is 10.9. The number of anilines is 1. The highest BCUT2D eigenvalue weighted by Crippen LogP contribution is 2.20. The highest BCUT2D eigenvalue weighted by molar-refractivity contribution is 6.31. The molecule has 5 heteroatoms. The molecule has 0 aliphatic heterocycles. The lowest BCUT2D eigenvalue weighted by Crippen LogP contribution is -2.10. The molecular weight excluding hydrogens is 267 g/mol. The van der Waals surface area contributed by atoms with Crippen LogP contribution in [0.1, 0.15) is 15.9 Å². The van der Waals surface area contributed by atoms with Gasteiger partial charge >= 0.3 is 0 Å². The SMILES string of the molecule is NC(=O)c1ccc(NCc2c(F)cccc2Cl)cc1. The van der Waals surface area contributed by atoms with Gasteiger partial charge < -0.3 is 11.1 Å². The van der Waals surface area contributed by atoms with Crippen molar-refractivity contribution in [2.45, 2.75) is 6.54 Å². The van der Waals surface area contributed by atoms with Gasteiger partial charge in [0.05, 0.1) is 0 Å². The van der Waals surface area contributed by atoms with Crippen molar-refractivity contribution in [2.75, 3.05) is 5.32 Å². The smallest absolute Gasteiger partial charge is 0.248 e. The summed E-state index contributed by atoms with van der Waals surface area (Å²) < 4.78 is 13.5. The Morgan fingerprint density at radius 2 is 1.89 bits per heavy atom. The van der Waals surface area contributed by atoms with Crippen LogP contribution in [0, 0.1) is 5.82 Å². The Kier molecular flexibility index (Phi) is 4.02. The minimum atomic E-state index is -0.483. The Morgan fingerprint density at radius 1 is 1.21 bits per heavy atom. The second-order valence-corrected chi connectivity index (χ2v) is 4.40. The third-order valence-corrected chi connectivity index (χ3v) is 3.05. The van der Waals surface area contributed by atoms with Gasteiger partial charge in [-0.2, -0.15) is 0 Å². The van der Waals surface area contributed by atoms with Crippen molar-refractivity contribution in [3.63, 3.8) is 0 Å². The Hall–Kier alpha value is -2.07. The third kappa shape index (κ3) is 3.23. The molecule has 0 bridgehead atoms. The normalized spacial score (nSPS) is 10.2. The maximum atomic E-state index is 13.5. The first-order valence-corrected chi connectivity index (χ1v) is 6.02. The zero-order valence-corrected chi connectivity index (χ0v) is 10.7. The van der Waals surface area contributed by atoms with E-state index in [0.29, 0.717) is 16.1 Å². The number of benzene rings is 2. The molecule has 0 saturated carbocycles. The van der Waals surface area contributed by atoms with E-state index in [9.17, 15) is 9.18 Å². The van der Waals surface area contributed by atoms with E-state index in [2.05, 4.69) is 5.32 Å². The first-order valence-electron chi connectivity index (χ1n) is 5.64. The molecule has 3 N–H and O–H groups in total. The number of carbonyl (C=O) groups is 1. The maximum absolute atomic E-state index is 13.5. The number of nitrogens with one attached hydrogen (secondary N) is 1. The topological polar surface area (TPSA) is 55.1 Å². The monoisotopic (exact) mass is 278 g/mol. The molecule has 0 saturated heterocycles. The second-order valence-electron chi connectivity index (χ2n) is 4.00. The van der Waals surface area contributed by atoms with E-state index < -0.39 is 5.91 Å². The summed E-state index contributed by atoms with van der Waals surface area (Å²) in [5.41, 5.74) is 6.73. The van der Waals surface area contributed by atoms with Crippen LogP contribution in [0.25, 0.3) is 0 Å². The van der Waals surface area contributed by atoms with Gasteiger partial charge in [-0.05, 0) is 36.4 Å². The van der Waals surface area contributed by atoms with E-state index in [1.165, 1.54) is 6.07 Å². The van der Waals surface area contributed by atoms with Crippen molar-refractivity contribution in [2.24, 2.45) is 5.73 Å². The summed E-state index contributed by atoms with van der Waals surface area (Å²) in [6.45, 7) is 0.265.